The summed E-state index contributed by atoms with van der Waals surface area (Å²) in [5.41, 5.74) is 1.99. The van der Waals surface area contributed by atoms with Gasteiger partial charge in [0.25, 0.3) is 0 Å². The first-order chi connectivity index (χ1) is 10.2. The Balaban J connectivity index is 1.91. The van der Waals surface area contributed by atoms with E-state index in [1.807, 2.05) is 12.1 Å². The lowest BCUT2D eigenvalue weighted by molar-refractivity contribution is 0.191. The van der Waals surface area contributed by atoms with Crippen LogP contribution in [0.1, 0.15) is 42.9 Å². The summed E-state index contributed by atoms with van der Waals surface area (Å²) in [5.74, 6) is 0.818. The van der Waals surface area contributed by atoms with Crippen molar-refractivity contribution in [1.29, 1.82) is 0 Å². The smallest absolute Gasteiger partial charge is 0.124 e. The first-order valence-corrected chi connectivity index (χ1v) is 7.46. The van der Waals surface area contributed by atoms with Crippen LogP contribution in [0.4, 0.5) is 4.39 Å². The maximum absolute atomic E-state index is 13.4. The molecule has 1 aliphatic heterocycles. The van der Waals surface area contributed by atoms with Crippen LogP contribution in [0.3, 0.4) is 0 Å². The van der Waals surface area contributed by atoms with Gasteiger partial charge >= 0.3 is 0 Å². The van der Waals surface area contributed by atoms with Crippen molar-refractivity contribution in [2.45, 2.75) is 38.2 Å². The third-order valence-corrected chi connectivity index (χ3v) is 3.97. The summed E-state index contributed by atoms with van der Waals surface area (Å²) >= 11 is 0. The average Bonchev–Trinajstić information content (AvgIpc) is 2.58. The van der Waals surface area contributed by atoms with E-state index >= 15 is 0 Å². The van der Waals surface area contributed by atoms with Crippen molar-refractivity contribution in [2.75, 3.05) is 0 Å². The van der Waals surface area contributed by atoms with E-state index < -0.39 is 0 Å². The van der Waals surface area contributed by atoms with Crippen molar-refractivity contribution in [3.8, 4) is 11.5 Å². The molecule has 110 valence electrons. The molecule has 3 heteroatoms. The normalized spacial score (nSPS) is 18.8. The summed E-state index contributed by atoms with van der Waals surface area (Å²) in [7, 11) is 0. The highest BCUT2D eigenvalue weighted by Crippen LogP contribution is 2.32. The molecule has 1 N–H and O–H groups in total. The molecular weight excluding hydrogens is 267 g/mol. The van der Waals surface area contributed by atoms with Gasteiger partial charge in [-0.3, -0.25) is 0 Å². The van der Waals surface area contributed by atoms with Gasteiger partial charge in [0.2, 0.25) is 0 Å². The van der Waals surface area contributed by atoms with E-state index in [4.69, 9.17) is 4.74 Å². The van der Waals surface area contributed by atoms with Crippen molar-refractivity contribution < 1.29 is 14.2 Å². The highest BCUT2D eigenvalue weighted by atomic mass is 19.1. The molecule has 0 saturated carbocycles. The molecule has 2 nitrogen and oxygen atoms in total. The van der Waals surface area contributed by atoms with Gasteiger partial charge in [0, 0.05) is 0 Å². The van der Waals surface area contributed by atoms with Crippen molar-refractivity contribution in [3.63, 3.8) is 0 Å². The predicted octanol–water partition coefficient (Wildman–Crippen LogP) is 4.77. The average molecular weight is 286 g/mol. The summed E-state index contributed by atoms with van der Waals surface area (Å²) in [4.78, 5) is 0. The Labute approximate surface area is 124 Å². The number of hydrogen-bond donors (Lipinski definition) is 1. The maximum atomic E-state index is 13.4. The van der Waals surface area contributed by atoms with Gasteiger partial charge in [-0.05, 0) is 67.1 Å². The Morgan fingerprint density at radius 2 is 1.81 bits per heavy atom. The molecular formula is C18H19FO2. The number of rotatable bonds is 1. The van der Waals surface area contributed by atoms with E-state index in [1.165, 1.54) is 6.07 Å². The minimum atomic E-state index is -0.210. The molecule has 0 aliphatic carbocycles. The highest BCUT2D eigenvalue weighted by molar-refractivity contribution is 5.36. The zero-order valence-corrected chi connectivity index (χ0v) is 11.9. The molecule has 2 aromatic carbocycles. The molecule has 0 radical (unpaired) electrons. The van der Waals surface area contributed by atoms with Crippen LogP contribution in [-0.2, 0) is 6.42 Å². The van der Waals surface area contributed by atoms with Crippen LogP contribution in [0.15, 0.2) is 42.5 Å². The minimum absolute atomic E-state index is 0.0482. The molecule has 1 aliphatic rings. The molecule has 1 unspecified atom stereocenters. The molecule has 0 saturated heterocycles. The van der Waals surface area contributed by atoms with Gasteiger partial charge in [-0.1, -0.05) is 18.6 Å². The largest absolute Gasteiger partial charge is 0.508 e. The Kier molecular flexibility index (Phi) is 4.09. The summed E-state index contributed by atoms with van der Waals surface area (Å²) in [6, 6.07) is 11.9. The quantitative estimate of drug-likeness (QED) is 0.818. The van der Waals surface area contributed by atoms with Crippen LogP contribution in [0, 0.1) is 5.82 Å². The molecule has 0 fully saturated rings. The third kappa shape index (κ3) is 3.35. The topological polar surface area (TPSA) is 29.5 Å². The Morgan fingerprint density at radius 1 is 1.00 bits per heavy atom. The molecule has 0 amide bonds. The number of phenols is 1. The highest BCUT2D eigenvalue weighted by Gasteiger charge is 2.17. The Morgan fingerprint density at radius 3 is 2.62 bits per heavy atom. The van der Waals surface area contributed by atoms with Crippen LogP contribution in [-0.4, -0.2) is 5.11 Å². The monoisotopic (exact) mass is 286 g/mol. The Hall–Kier alpha value is -2.03. The maximum Gasteiger partial charge on any atom is 0.124 e. The number of ether oxygens (including phenoxy) is 1. The number of aromatic hydroxyl groups is 1. The van der Waals surface area contributed by atoms with Crippen LogP contribution in [0.2, 0.25) is 0 Å². The SMILES string of the molecule is Oc1ccc(C2CCCCCc3cc(F)ccc3O2)cc1. The van der Waals surface area contributed by atoms with Crippen LogP contribution in [0.25, 0.3) is 0 Å². The summed E-state index contributed by atoms with van der Waals surface area (Å²) in [6.07, 6.45) is 5.00. The standard InChI is InChI=1S/C18H19FO2/c19-15-8-11-18-14(12-15)4-2-1-3-5-17(21-18)13-6-9-16(20)10-7-13/h6-12,17,20H,1-5H2. The zero-order valence-electron chi connectivity index (χ0n) is 11.9. The molecule has 0 bridgehead atoms. The Bertz CT molecular complexity index is 607. The van der Waals surface area contributed by atoms with Crippen LogP contribution in [0.5, 0.6) is 11.5 Å². The van der Waals surface area contributed by atoms with Gasteiger partial charge in [-0.25, -0.2) is 4.39 Å². The van der Waals surface area contributed by atoms with Gasteiger partial charge in [-0.2, -0.15) is 0 Å². The fourth-order valence-electron chi connectivity index (χ4n) is 2.82. The van der Waals surface area contributed by atoms with Gasteiger partial charge in [0.1, 0.15) is 23.4 Å². The molecule has 3 rings (SSSR count). The van der Waals surface area contributed by atoms with E-state index in [2.05, 4.69) is 0 Å². The predicted molar refractivity (Wildman–Crippen MR) is 80.0 cm³/mol. The summed E-state index contributed by atoms with van der Waals surface area (Å²) < 4.78 is 19.6. The minimum Gasteiger partial charge on any atom is -0.508 e. The summed E-state index contributed by atoms with van der Waals surface area (Å²) in [6.45, 7) is 0. The number of fused-ring (bicyclic) bond motifs is 1. The number of phenolic OH excluding ortho intramolecular Hbond substituents is 1. The van der Waals surface area contributed by atoms with E-state index in [0.717, 1.165) is 49.0 Å². The first-order valence-electron chi connectivity index (χ1n) is 7.46. The van der Waals surface area contributed by atoms with E-state index in [9.17, 15) is 9.50 Å². The second kappa shape index (κ2) is 6.17. The van der Waals surface area contributed by atoms with Crippen LogP contribution < -0.4 is 4.74 Å². The fraction of sp³-hybridized carbons (Fsp3) is 0.333. The van der Waals surface area contributed by atoms with E-state index in [-0.39, 0.29) is 17.7 Å². The van der Waals surface area contributed by atoms with Crippen LogP contribution >= 0.6 is 0 Å². The molecule has 1 atom stereocenters. The zero-order chi connectivity index (χ0) is 14.7. The van der Waals surface area contributed by atoms with Gasteiger partial charge in [0.15, 0.2) is 0 Å². The lowest BCUT2D eigenvalue weighted by Crippen LogP contribution is -2.08. The molecule has 0 spiro atoms. The number of halogens is 1. The van der Waals surface area contributed by atoms with E-state index in [0.29, 0.717) is 0 Å². The summed E-state index contributed by atoms with van der Waals surface area (Å²) in [5, 5.41) is 9.41. The first kappa shape index (κ1) is 13.9. The number of benzene rings is 2. The lowest BCUT2D eigenvalue weighted by atomic mass is 10.0. The van der Waals surface area contributed by atoms with Gasteiger partial charge in [-0.15, -0.1) is 0 Å². The second-order valence-electron chi connectivity index (χ2n) is 5.55. The van der Waals surface area contributed by atoms with Gasteiger partial charge < -0.3 is 9.84 Å². The van der Waals surface area contributed by atoms with Crippen molar-refractivity contribution >= 4 is 0 Å². The molecule has 2 aromatic rings. The van der Waals surface area contributed by atoms with Crippen molar-refractivity contribution in [1.82, 2.24) is 0 Å². The fourth-order valence-corrected chi connectivity index (χ4v) is 2.82. The molecule has 0 aromatic heterocycles. The van der Waals surface area contributed by atoms with Crippen molar-refractivity contribution in [3.05, 3.63) is 59.4 Å². The second-order valence-corrected chi connectivity index (χ2v) is 5.55. The van der Waals surface area contributed by atoms with E-state index in [1.54, 1.807) is 24.3 Å². The number of hydrogen-bond acceptors (Lipinski definition) is 2. The molecule has 1 heterocycles. The lowest BCUT2D eigenvalue weighted by Gasteiger charge is -2.20. The third-order valence-electron chi connectivity index (χ3n) is 3.97. The molecule has 21 heavy (non-hydrogen) atoms. The van der Waals surface area contributed by atoms with Gasteiger partial charge in [0.05, 0.1) is 0 Å². The van der Waals surface area contributed by atoms with Crippen molar-refractivity contribution in [2.24, 2.45) is 0 Å². The number of aryl methyl sites for hydroxylation is 1.